The van der Waals surface area contributed by atoms with Crippen LogP contribution < -0.4 is 11.3 Å². The first-order chi connectivity index (χ1) is 10.4. The van der Waals surface area contributed by atoms with E-state index in [0.29, 0.717) is 0 Å². The van der Waals surface area contributed by atoms with Crippen LogP contribution in [0.5, 0.6) is 0 Å². The molecule has 1 saturated carbocycles. The van der Waals surface area contributed by atoms with Crippen LogP contribution >= 0.6 is 0 Å². The summed E-state index contributed by atoms with van der Waals surface area (Å²) < 4.78 is 1.95. The summed E-state index contributed by atoms with van der Waals surface area (Å²) in [5.41, 5.74) is 9.27. The van der Waals surface area contributed by atoms with E-state index in [2.05, 4.69) is 13.0 Å². The SMILES string of the molecule is Cc1cc([C@@H](C)N)c2nc3n(c(=O)c2c1)[C@@H](C)CC31CCC1. The molecule has 2 aliphatic rings. The van der Waals surface area contributed by atoms with E-state index in [-0.39, 0.29) is 23.1 Å². The lowest BCUT2D eigenvalue weighted by atomic mass is 9.66. The first-order valence-electron chi connectivity index (χ1n) is 8.26. The Labute approximate surface area is 130 Å². The van der Waals surface area contributed by atoms with Gasteiger partial charge < -0.3 is 5.73 Å². The summed E-state index contributed by atoms with van der Waals surface area (Å²) >= 11 is 0. The highest BCUT2D eigenvalue weighted by atomic mass is 16.1. The maximum absolute atomic E-state index is 13.1. The Morgan fingerprint density at radius 1 is 1.41 bits per heavy atom. The number of nitrogens with two attached hydrogens (primary N) is 1. The molecule has 0 saturated heterocycles. The number of aryl methyl sites for hydroxylation is 1. The van der Waals surface area contributed by atoms with Gasteiger partial charge in [0.25, 0.3) is 5.56 Å². The standard InChI is InChI=1S/C18H23N3O/c1-10-7-13(12(3)19)15-14(8-10)16(22)21-11(2)9-18(5-4-6-18)17(21)20-15/h7-8,11-12H,4-6,9,19H2,1-3H3/t11-,12+/m0/s1. The molecule has 0 radical (unpaired) electrons. The maximum atomic E-state index is 13.1. The maximum Gasteiger partial charge on any atom is 0.261 e. The zero-order valence-electron chi connectivity index (χ0n) is 13.5. The number of fused-ring (bicyclic) bond motifs is 3. The van der Waals surface area contributed by atoms with Gasteiger partial charge in [0, 0.05) is 17.5 Å². The Bertz CT molecular complexity index is 830. The van der Waals surface area contributed by atoms with E-state index >= 15 is 0 Å². The van der Waals surface area contributed by atoms with Crippen LogP contribution in [0.3, 0.4) is 0 Å². The van der Waals surface area contributed by atoms with Crippen molar-refractivity contribution in [3.05, 3.63) is 39.4 Å². The first kappa shape index (κ1) is 13.9. The average molecular weight is 297 g/mol. The molecular formula is C18H23N3O. The van der Waals surface area contributed by atoms with Gasteiger partial charge in [0.05, 0.1) is 10.9 Å². The zero-order chi connectivity index (χ0) is 15.6. The molecule has 0 unspecified atom stereocenters. The first-order valence-corrected chi connectivity index (χ1v) is 8.26. The topological polar surface area (TPSA) is 60.9 Å². The van der Waals surface area contributed by atoms with Crippen LogP contribution in [0.25, 0.3) is 10.9 Å². The van der Waals surface area contributed by atoms with Gasteiger partial charge in [0.2, 0.25) is 0 Å². The van der Waals surface area contributed by atoms with Gasteiger partial charge in [-0.3, -0.25) is 9.36 Å². The van der Waals surface area contributed by atoms with Crippen molar-refractivity contribution in [2.45, 2.75) is 64.0 Å². The summed E-state index contributed by atoms with van der Waals surface area (Å²) in [6, 6.07) is 4.16. The molecule has 2 aromatic rings. The van der Waals surface area contributed by atoms with Crippen LogP contribution in [-0.4, -0.2) is 9.55 Å². The highest BCUT2D eigenvalue weighted by Crippen LogP contribution is 2.52. The molecule has 2 atom stereocenters. The largest absolute Gasteiger partial charge is 0.324 e. The number of hydrogen-bond acceptors (Lipinski definition) is 3. The van der Waals surface area contributed by atoms with E-state index in [1.54, 1.807) is 0 Å². The van der Waals surface area contributed by atoms with Crippen LogP contribution in [0, 0.1) is 6.92 Å². The Kier molecular flexibility index (Phi) is 2.80. The van der Waals surface area contributed by atoms with Gasteiger partial charge in [0.1, 0.15) is 5.82 Å². The molecule has 0 bridgehead atoms. The number of hydrogen-bond donors (Lipinski definition) is 1. The van der Waals surface area contributed by atoms with E-state index in [1.807, 2.05) is 24.5 Å². The van der Waals surface area contributed by atoms with Gasteiger partial charge in [-0.05, 0) is 57.2 Å². The molecule has 4 rings (SSSR count). The molecule has 1 aromatic heterocycles. The summed E-state index contributed by atoms with van der Waals surface area (Å²) in [5.74, 6) is 1.01. The Morgan fingerprint density at radius 2 is 2.14 bits per heavy atom. The van der Waals surface area contributed by atoms with E-state index in [1.165, 1.54) is 6.42 Å². The lowest BCUT2D eigenvalue weighted by Gasteiger charge is -2.37. The molecular weight excluding hydrogens is 274 g/mol. The lowest BCUT2D eigenvalue weighted by Crippen LogP contribution is -2.34. The third-order valence-electron chi connectivity index (χ3n) is 5.58. The van der Waals surface area contributed by atoms with Gasteiger partial charge in [-0.2, -0.15) is 0 Å². The molecule has 1 fully saturated rings. The van der Waals surface area contributed by atoms with Crippen LogP contribution in [0.15, 0.2) is 16.9 Å². The molecule has 0 amide bonds. The second kappa shape index (κ2) is 4.42. The molecule has 116 valence electrons. The van der Waals surface area contributed by atoms with Crippen molar-refractivity contribution in [2.24, 2.45) is 5.73 Å². The van der Waals surface area contributed by atoms with Crippen molar-refractivity contribution < 1.29 is 0 Å². The van der Waals surface area contributed by atoms with Crippen molar-refractivity contribution in [3.8, 4) is 0 Å². The summed E-state index contributed by atoms with van der Waals surface area (Å²) in [6.07, 6.45) is 4.62. The van der Waals surface area contributed by atoms with Crippen LogP contribution in [0.2, 0.25) is 0 Å². The monoisotopic (exact) mass is 297 g/mol. The van der Waals surface area contributed by atoms with E-state index in [4.69, 9.17) is 10.7 Å². The second-order valence-corrected chi connectivity index (χ2v) is 7.34. The molecule has 4 nitrogen and oxygen atoms in total. The molecule has 22 heavy (non-hydrogen) atoms. The van der Waals surface area contributed by atoms with Crippen molar-refractivity contribution in [2.75, 3.05) is 0 Å². The van der Waals surface area contributed by atoms with Crippen molar-refractivity contribution in [3.63, 3.8) is 0 Å². The third kappa shape index (κ3) is 1.67. The smallest absolute Gasteiger partial charge is 0.261 e. The Balaban J connectivity index is 2.11. The summed E-state index contributed by atoms with van der Waals surface area (Å²) in [5, 5.41) is 0.722. The minimum Gasteiger partial charge on any atom is -0.324 e. The van der Waals surface area contributed by atoms with Gasteiger partial charge in [0.15, 0.2) is 0 Å². The minimum absolute atomic E-state index is 0.113. The number of benzene rings is 1. The van der Waals surface area contributed by atoms with Gasteiger partial charge in [-0.25, -0.2) is 4.98 Å². The molecule has 2 N–H and O–H groups in total. The predicted molar refractivity (Wildman–Crippen MR) is 88.2 cm³/mol. The fourth-order valence-corrected chi connectivity index (χ4v) is 4.39. The molecule has 1 aromatic carbocycles. The fraction of sp³-hybridized carbons (Fsp3) is 0.556. The lowest BCUT2D eigenvalue weighted by molar-refractivity contribution is 0.230. The predicted octanol–water partition coefficient (Wildman–Crippen LogP) is 3.11. The zero-order valence-corrected chi connectivity index (χ0v) is 13.5. The van der Waals surface area contributed by atoms with Crippen LogP contribution in [0.1, 0.15) is 68.6 Å². The van der Waals surface area contributed by atoms with Crippen molar-refractivity contribution in [1.29, 1.82) is 0 Å². The number of rotatable bonds is 1. The van der Waals surface area contributed by atoms with E-state index in [9.17, 15) is 4.79 Å². The number of aromatic nitrogens is 2. The van der Waals surface area contributed by atoms with Crippen molar-refractivity contribution >= 4 is 10.9 Å². The molecule has 2 heterocycles. The third-order valence-corrected chi connectivity index (χ3v) is 5.58. The van der Waals surface area contributed by atoms with E-state index < -0.39 is 0 Å². The molecule has 1 aliphatic heterocycles. The van der Waals surface area contributed by atoms with Crippen LogP contribution in [-0.2, 0) is 5.41 Å². The molecule has 1 spiro atoms. The second-order valence-electron chi connectivity index (χ2n) is 7.34. The quantitative estimate of drug-likeness (QED) is 0.879. The molecule has 1 aliphatic carbocycles. The van der Waals surface area contributed by atoms with Crippen LogP contribution in [0.4, 0.5) is 0 Å². The Morgan fingerprint density at radius 3 is 2.73 bits per heavy atom. The highest BCUT2D eigenvalue weighted by molar-refractivity contribution is 5.82. The van der Waals surface area contributed by atoms with Gasteiger partial charge in [-0.1, -0.05) is 12.5 Å². The summed E-state index contributed by atoms with van der Waals surface area (Å²) in [6.45, 7) is 6.12. The number of nitrogens with zero attached hydrogens (tertiary/aromatic N) is 2. The van der Waals surface area contributed by atoms with Crippen molar-refractivity contribution in [1.82, 2.24) is 9.55 Å². The summed E-state index contributed by atoms with van der Waals surface area (Å²) in [4.78, 5) is 18.1. The van der Waals surface area contributed by atoms with Gasteiger partial charge >= 0.3 is 0 Å². The average Bonchev–Trinajstić information content (AvgIpc) is 2.72. The normalized spacial score (nSPS) is 23.5. The fourth-order valence-electron chi connectivity index (χ4n) is 4.39. The highest BCUT2D eigenvalue weighted by Gasteiger charge is 2.48. The van der Waals surface area contributed by atoms with Gasteiger partial charge in [-0.15, -0.1) is 0 Å². The molecule has 4 heteroatoms. The minimum atomic E-state index is -0.117. The van der Waals surface area contributed by atoms with E-state index in [0.717, 1.165) is 47.1 Å². The Hall–Kier alpha value is -1.68. The summed E-state index contributed by atoms with van der Waals surface area (Å²) in [7, 11) is 0.